The molecule has 114 valence electrons. The predicted molar refractivity (Wildman–Crippen MR) is 82.5 cm³/mol. The van der Waals surface area contributed by atoms with Crippen LogP contribution in [0.5, 0.6) is 0 Å². The average Bonchev–Trinajstić information content (AvgIpc) is 3.20. The van der Waals surface area contributed by atoms with E-state index >= 15 is 0 Å². The van der Waals surface area contributed by atoms with Crippen molar-refractivity contribution in [2.45, 2.75) is 25.3 Å². The Bertz CT molecular complexity index is 576. The first-order chi connectivity index (χ1) is 9.88. The molecular weight excluding hydrogens is 339 g/mol. The van der Waals surface area contributed by atoms with Crippen molar-refractivity contribution >= 4 is 52.5 Å². The Labute approximate surface area is 136 Å². The van der Waals surface area contributed by atoms with Crippen LogP contribution in [0.15, 0.2) is 12.1 Å². The summed E-state index contributed by atoms with van der Waals surface area (Å²) in [5, 5.41) is 12.2. The molecule has 2 N–H and O–H groups in total. The van der Waals surface area contributed by atoms with Crippen LogP contribution in [-0.2, 0) is 4.79 Å². The van der Waals surface area contributed by atoms with E-state index < -0.39 is 5.97 Å². The number of carbonyl (C=O) groups is 2. The summed E-state index contributed by atoms with van der Waals surface area (Å²) in [6.45, 7) is 0.158. The smallest absolute Gasteiger partial charge is 0.322 e. The van der Waals surface area contributed by atoms with Crippen LogP contribution in [-0.4, -0.2) is 34.6 Å². The van der Waals surface area contributed by atoms with E-state index in [1.807, 2.05) is 0 Å². The number of urea groups is 1. The van der Waals surface area contributed by atoms with Crippen molar-refractivity contribution in [2.75, 3.05) is 11.9 Å². The first kappa shape index (κ1) is 16.2. The number of carboxylic acids is 1. The van der Waals surface area contributed by atoms with Crippen LogP contribution >= 0.6 is 34.8 Å². The van der Waals surface area contributed by atoms with Crippen LogP contribution in [0.4, 0.5) is 10.5 Å². The van der Waals surface area contributed by atoms with Crippen molar-refractivity contribution in [2.24, 2.45) is 0 Å². The number of nitrogens with zero attached hydrogens (tertiary/aromatic N) is 1. The molecule has 1 aromatic rings. The number of carboxylic acid groups (broad SMARTS) is 1. The zero-order valence-corrected chi connectivity index (χ0v) is 13.2. The molecule has 0 radical (unpaired) electrons. The molecular formula is C13H13Cl3N2O3. The van der Waals surface area contributed by atoms with Gasteiger partial charge in [0.15, 0.2) is 0 Å². The van der Waals surface area contributed by atoms with Crippen LogP contribution in [0, 0.1) is 0 Å². The molecule has 0 aromatic heterocycles. The second kappa shape index (κ2) is 6.73. The summed E-state index contributed by atoms with van der Waals surface area (Å²) in [6, 6.07) is 2.61. The molecule has 0 unspecified atom stereocenters. The van der Waals surface area contributed by atoms with E-state index in [1.165, 1.54) is 17.0 Å². The van der Waals surface area contributed by atoms with E-state index in [0.717, 1.165) is 12.8 Å². The summed E-state index contributed by atoms with van der Waals surface area (Å²) in [4.78, 5) is 24.4. The highest BCUT2D eigenvalue weighted by Crippen LogP contribution is 2.33. The third kappa shape index (κ3) is 4.40. The van der Waals surface area contributed by atoms with Gasteiger partial charge in [-0.15, -0.1) is 0 Å². The molecule has 1 aromatic carbocycles. The molecule has 2 amide bonds. The number of anilines is 1. The lowest BCUT2D eigenvalue weighted by atomic mass is 10.3. The number of nitrogens with one attached hydrogen (secondary N) is 1. The first-order valence-electron chi connectivity index (χ1n) is 6.32. The summed E-state index contributed by atoms with van der Waals surface area (Å²) in [7, 11) is 0. The quantitative estimate of drug-likeness (QED) is 0.784. The standard InChI is InChI=1S/C13H13Cl3N2O3/c14-8-5-10(16)11(6-9(8)15)17-13(21)18(7-1-2-7)4-3-12(19)20/h5-7H,1-4H2,(H,17,21)(H,19,20). The summed E-state index contributed by atoms with van der Waals surface area (Å²) >= 11 is 17.7. The van der Waals surface area contributed by atoms with E-state index in [9.17, 15) is 9.59 Å². The fraction of sp³-hybridized carbons (Fsp3) is 0.385. The maximum atomic E-state index is 12.2. The number of rotatable bonds is 5. The Morgan fingerprint density at radius 2 is 1.81 bits per heavy atom. The van der Waals surface area contributed by atoms with Crippen molar-refractivity contribution in [3.05, 3.63) is 27.2 Å². The number of amides is 2. The Balaban J connectivity index is 2.08. The van der Waals surface area contributed by atoms with Crippen LogP contribution in [0.2, 0.25) is 15.1 Å². The van der Waals surface area contributed by atoms with Crippen molar-refractivity contribution in [3.8, 4) is 0 Å². The van der Waals surface area contributed by atoms with E-state index in [0.29, 0.717) is 10.7 Å². The second-order valence-electron chi connectivity index (χ2n) is 4.74. The predicted octanol–water partition coefficient (Wildman–Crippen LogP) is 4.12. The van der Waals surface area contributed by atoms with Gasteiger partial charge in [-0.1, -0.05) is 34.8 Å². The molecule has 1 saturated carbocycles. The molecule has 1 aliphatic carbocycles. The molecule has 0 saturated heterocycles. The summed E-state index contributed by atoms with van der Waals surface area (Å²) in [5.74, 6) is -0.944. The summed E-state index contributed by atoms with van der Waals surface area (Å²) < 4.78 is 0. The minimum atomic E-state index is -0.944. The topological polar surface area (TPSA) is 69.6 Å². The van der Waals surface area contributed by atoms with Gasteiger partial charge in [-0.05, 0) is 25.0 Å². The lowest BCUT2D eigenvalue weighted by Crippen LogP contribution is -2.38. The highest BCUT2D eigenvalue weighted by atomic mass is 35.5. The molecule has 5 nitrogen and oxygen atoms in total. The Morgan fingerprint density at radius 1 is 1.19 bits per heavy atom. The van der Waals surface area contributed by atoms with Crippen molar-refractivity contribution in [3.63, 3.8) is 0 Å². The van der Waals surface area contributed by atoms with E-state index in [4.69, 9.17) is 39.9 Å². The van der Waals surface area contributed by atoms with Crippen LogP contribution in [0.1, 0.15) is 19.3 Å². The molecule has 0 aliphatic heterocycles. The van der Waals surface area contributed by atoms with Crippen molar-refractivity contribution < 1.29 is 14.7 Å². The number of hydrogen-bond donors (Lipinski definition) is 2. The maximum absolute atomic E-state index is 12.2. The molecule has 0 bridgehead atoms. The summed E-state index contributed by atoms with van der Waals surface area (Å²) in [6.07, 6.45) is 1.66. The van der Waals surface area contributed by atoms with Crippen molar-refractivity contribution in [1.82, 2.24) is 4.90 Å². The monoisotopic (exact) mass is 350 g/mol. The molecule has 0 atom stereocenters. The molecule has 21 heavy (non-hydrogen) atoms. The summed E-state index contributed by atoms with van der Waals surface area (Å²) in [5.41, 5.74) is 0.344. The Hall–Kier alpha value is -1.17. The van der Waals surface area contributed by atoms with Gasteiger partial charge in [-0.25, -0.2) is 4.79 Å². The largest absolute Gasteiger partial charge is 0.481 e. The number of hydrogen-bond acceptors (Lipinski definition) is 2. The fourth-order valence-electron chi connectivity index (χ4n) is 1.86. The number of benzene rings is 1. The SMILES string of the molecule is O=C(O)CCN(C(=O)Nc1cc(Cl)c(Cl)cc1Cl)C1CC1. The van der Waals surface area contributed by atoms with Gasteiger partial charge < -0.3 is 15.3 Å². The molecule has 1 aliphatic rings. The third-order valence-electron chi connectivity index (χ3n) is 3.07. The highest BCUT2D eigenvalue weighted by Gasteiger charge is 2.33. The molecule has 8 heteroatoms. The minimum absolute atomic E-state index is 0.0888. The highest BCUT2D eigenvalue weighted by molar-refractivity contribution is 6.44. The van der Waals surface area contributed by atoms with Gasteiger partial charge in [-0.2, -0.15) is 0 Å². The van der Waals surface area contributed by atoms with Gasteiger partial charge in [0, 0.05) is 12.6 Å². The zero-order valence-electron chi connectivity index (χ0n) is 10.9. The second-order valence-corrected chi connectivity index (χ2v) is 5.97. The van der Waals surface area contributed by atoms with Gasteiger partial charge in [0.1, 0.15) is 0 Å². The van der Waals surface area contributed by atoms with Crippen LogP contribution in [0.25, 0.3) is 0 Å². The van der Waals surface area contributed by atoms with E-state index in [1.54, 1.807) is 0 Å². The van der Waals surface area contributed by atoms with Gasteiger partial charge in [0.25, 0.3) is 0 Å². The van der Waals surface area contributed by atoms with Crippen LogP contribution < -0.4 is 5.32 Å². The lowest BCUT2D eigenvalue weighted by molar-refractivity contribution is -0.137. The minimum Gasteiger partial charge on any atom is -0.481 e. The van der Waals surface area contributed by atoms with Crippen molar-refractivity contribution in [1.29, 1.82) is 0 Å². The van der Waals surface area contributed by atoms with Gasteiger partial charge >= 0.3 is 12.0 Å². The van der Waals surface area contributed by atoms with Crippen LogP contribution in [0.3, 0.4) is 0 Å². The molecule has 0 spiro atoms. The van der Waals surface area contributed by atoms with Gasteiger partial charge in [0.2, 0.25) is 0 Å². The third-order valence-corrected chi connectivity index (χ3v) is 4.10. The number of aliphatic carboxylic acids is 1. The first-order valence-corrected chi connectivity index (χ1v) is 7.46. The maximum Gasteiger partial charge on any atom is 0.322 e. The van der Waals surface area contributed by atoms with E-state index in [-0.39, 0.29) is 35.1 Å². The molecule has 0 heterocycles. The zero-order chi connectivity index (χ0) is 15.6. The average molecular weight is 352 g/mol. The molecule has 1 fully saturated rings. The van der Waals surface area contributed by atoms with Gasteiger partial charge in [0.05, 0.1) is 27.2 Å². The number of carbonyl (C=O) groups excluding carboxylic acids is 1. The Kier molecular flexibility index (Phi) is 5.19. The van der Waals surface area contributed by atoms with Gasteiger partial charge in [-0.3, -0.25) is 4.79 Å². The fourth-order valence-corrected chi connectivity index (χ4v) is 2.45. The lowest BCUT2D eigenvalue weighted by Gasteiger charge is -2.22. The van der Waals surface area contributed by atoms with E-state index in [2.05, 4.69) is 5.32 Å². The molecule has 2 rings (SSSR count). The normalized spacial score (nSPS) is 13.9. The Morgan fingerprint density at radius 3 is 2.38 bits per heavy atom. The number of halogens is 3.